The number of nitro groups is 1. The van der Waals surface area contributed by atoms with Crippen LogP contribution in [0.15, 0.2) is 48.7 Å². The predicted molar refractivity (Wildman–Crippen MR) is 111 cm³/mol. The lowest BCUT2D eigenvalue weighted by atomic mass is 10.1. The summed E-state index contributed by atoms with van der Waals surface area (Å²) in [7, 11) is 1.64. The van der Waals surface area contributed by atoms with Crippen molar-refractivity contribution < 1.29 is 19.2 Å². The Morgan fingerprint density at radius 3 is 2.60 bits per heavy atom. The van der Waals surface area contributed by atoms with Gasteiger partial charge in [0.1, 0.15) is 11.9 Å². The first-order chi connectivity index (χ1) is 14.4. The van der Waals surface area contributed by atoms with E-state index in [0.717, 1.165) is 30.1 Å². The van der Waals surface area contributed by atoms with Crippen LogP contribution < -0.4 is 9.47 Å². The van der Waals surface area contributed by atoms with Gasteiger partial charge in [-0.25, -0.2) is 0 Å². The quantitative estimate of drug-likeness (QED) is 0.302. The first-order valence-corrected chi connectivity index (χ1v) is 9.45. The van der Waals surface area contributed by atoms with Crippen LogP contribution in [0, 0.1) is 24.0 Å². The Labute approximate surface area is 174 Å². The number of rotatable bonds is 9. The fourth-order valence-corrected chi connectivity index (χ4v) is 3.31. The second kappa shape index (κ2) is 9.21. The molecule has 0 unspecified atom stereocenters. The van der Waals surface area contributed by atoms with Crippen molar-refractivity contribution in [2.45, 2.75) is 26.8 Å². The number of aryl methyl sites for hydroxylation is 2. The van der Waals surface area contributed by atoms with Gasteiger partial charge in [-0.15, -0.1) is 0 Å². The molecule has 0 amide bonds. The number of hydrogen-bond acceptors (Lipinski definition) is 6. The molecular formula is C22H23N3O5. The van der Waals surface area contributed by atoms with E-state index in [9.17, 15) is 14.9 Å². The molecule has 3 aromatic rings. The van der Waals surface area contributed by atoms with Gasteiger partial charge < -0.3 is 24.2 Å². The van der Waals surface area contributed by atoms with Gasteiger partial charge in [0, 0.05) is 23.5 Å². The molecule has 8 heteroatoms. The number of carbonyl (C=O) groups excluding carboxylic acids is 1. The minimum atomic E-state index is -0.634. The highest BCUT2D eigenvalue weighted by atomic mass is 16.6. The summed E-state index contributed by atoms with van der Waals surface area (Å²) >= 11 is 0. The van der Waals surface area contributed by atoms with Gasteiger partial charge in [0.15, 0.2) is 6.61 Å². The molecule has 0 saturated carbocycles. The van der Waals surface area contributed by atoms with Crippen molar-refractivity contribution >= 4 is 11.6 Å². The molecule has 8 nitrogen and oxygen atoms in total. The Balaban J connectivity index is 1.68. The standard InChI is InChI=1S/C22H23N3O5/c1-15-13-19(20(26)14-30-21-5-4-11-23-22(21)25(27)28)16(2)24(15)12-10-17-6-8-18(29-3)9-7-17/h4-9,11,13H,10,12,14H2,1-3H3. The molecule has 0 saturated heterocycles. The van der Waals surface area contributed by atoms with E-state index in [1.165, 1.54) is 23.9 Å². The third-order valence-corrected chi connectivity index (χ3v) is 4.94. The Kier molecular flexibility index (Phi) is 6.46. The first kappa shape index (κ1) is 21.0. The second-order valence-electron chi connectivity index (χ2n) is 6.83. The predicted octanol–water partition coefficient (Wildman–Crippen LogP) is 3.92. The third-order valence-electron chi connectivity index (χ3n) is 4.94. The summed E-state index contributed by atoms with van der Waals surface area (Å²) in [6.07, 6.45) is 2.12. The molecule has 2 heterocycles. The molecule has 0 fully saturated rings. The van der Waals surface area contributed by atoms with E-state index < -0.39 is 10.7 Å². The van der Waals surface area contributed by atoms with E-state index >= 15 is 0 Å². The number of nitrogens with zero attached hydrogens (tertiary/aromatic N) is 3. The van der Waals surface area contributed by atoms with Crippen molar-refractivity contribution in [3.8, 4) is 11.5 Å². The number of methoxy groups -OCH3 is 1. The molecule has 0 aliphatic heterocycles. The zero-order valence-electron chi connectivity index (χ0n) is 17.1. The highest BCUT2D eigenvalue weighted by molar-refractivity contribution is 5.98. The van der Waals surface area contributed by atoms with Gasteiger partial charge in [0.25, 0.3) is 0 Å². The topological polar surface area (TPSA) is 96.5 Å². The summed E-state index contributed by atoms with van der Waals surface area (Å²) in [5.74, 6) is 0.144. The molecule has 0 aliphatic carbocycles. The van der Waals surface area contributed by atoms with E-state index in [2.05, 4.69) is 9.55 Å². The van der Waals surface area contributed by atoms with Crippen LogP contribution >= 0.6 is 0 Å². The molecule has 2 aromatic heterocycles. The molecule has 0 atom stereocenters. The minimum Gasteiger partial charge on any atom is -0.497 e. The summed E-state index contributed by atoms with van der Waals surface area (Å²) < 4.78 is 12.7. The van der Waals surface area contributed by atoms with Crippen molar-refractivity contribution in [2.75, 3.05) is 13.7 Å². The number of benzene rings is 1. The molecule has 156 valence electrons. The number of hydrogen-bond donors (Lipinski definition) is 0. The summed E-state index contributed by atoms with van der Waals surface area (Å²) in [6, 6.07) is 12.7. The zero-order valence-corrected chi connectivity index (χ0v) is 17.1. The highest BCUT2D eigenvalue weighted by Gasteiger charge is 2.20. The van der Waals surface area contributed by atoms with Gasteiger partial charge in [0.05, 0.1) is 7.11 Å². The lowest BCUT2D eigenvalue weighted by Gasteiger charge is -2.10. The van der Waals surface area contributed by atoms with Crippen LogP contribution in [0.1, 0.15) is 27.3 Å². The molecular weight excluding hydrogens is 386 g/mol. The van der Waals surface area contributed by atoms with Crippen molar-refractivity contribution in [3.05, 3.63) is 81.3 Å². The Morgan fingerprint density at radius 1 is 1.20 bits per heavy atom. The molecule has 0 aliphatic rings. The van der Waals surface area contributed by atoms with Gasteiger partial charge in [-0.3, -0.25) is 4.79 Å². The highest BCUT2D eigenvalue weighted by Crippen LogP contribution is 2.24. The molecule has 0 spiro atoms. The number of Topliss-reactive ketones (excluding diaryl/α,β-unsaturated/α-hetero) is 1. The van der Waals surface area contributed by atoms with Crippen LogP contribution in [0.25, 0.3) is 0 Å². The van der Waals surface area contributed by atoms with Gasteiger partial charge >= 0.3 is 5.82 Å². The van der Waals surface area contributed by atoms with Crippen molar-refractivity contribution in [1.82, 2.24) is 9.55 Å². The zero-order chi connectivity index (χ0) is 21.7. The van der Waals surface area contributed by atoms with Gasteiger partial charge in [-0.1, -0.05) is 12.1 Å². The lowest BCUT2D eigenvalue weighted by Crippen LogP contribution is -2.14. The maximum Gasteiger partial charge on any atom is 0.406 e. The Morgan fingerprint density at radius 2 is 1.93 bits per heavy atom. The van der Waals surface area contributed by atoms with E-state index in [1.807, 2.05) is 44.2 Å². The van der Waals surface area contributed by atoms with E-state index in [0.29, 0.717) is 5.56 Å². The van der Waals surface area contributed by atoms with Crippen LogP contribution in [0.2, 0.25) is 0 Å². The molecule has 30 heavy (non-hydrogen) atoms. The maximum absolute atomic E-state index is 12.7. The first-order valence-electron chi connectivity index (χ1n) is 9.45. The maximum atomic E-state index is 12.7. The largest absolute Gasteiger partial charge is 0.497 e. The Hall–Kier alpha value is -3.68. The smallest absolute Gasteiger partial charge is 0.406 e. The summed E-state index contributed by atoms with van der Waals surface area (Å²) in [5.41, 5.74) is 3.53. The molecule has 1 aromatic carbocycles. The molecule has 3 rings (SSSR count). The Bertz CT molecular complexity index is 1060. The average molecular weight is 409 g/mol. The van der Waals surface area contributed by atoms with Crippen LogP contribution in [0.4, 0.5) is 5.82 Å². The lowest BCUT2D eigenvalue weighted by molar-refractivity contribution is -0.390. The number of carbonyl (C=O) groups is 1. The van der Waals surface area contributed by atoms with Gasteiger partial charge in [0.2, 0.25) is 11.5 Å². The number of ether oxygens (including phenoxy) is 2. The van der Waals surface area contributed by atoms with E-state index in [4.69, 9.17) is 9.47 Å². The SMILES string of the molecule is COc1ccc(CCn2c(C)cc(C(=O)COc3cccnc3[N+](=O)[O-])c2C)cc1. The molecule has 0 N–H and O–H groups in total. The fourth-order valence-electron chi connectivity index (χ4n) is 3.31. The summed E-state index contributed by atoms with van der Waals surface area (Å²) in [4.78, 5) is 26.8. The molecule has 0 radical (unpaired) electrons. The monoisotopic (exact) mass is 409 g/mol. The van der Waals surface area contributed by atoms with Gasteiger partial charge in [-0.2, -0.15) is 0 Å². The number of ketones is 1. The average Bonchev–Trinajstić information content (AvgIpc) is 3.04. The van der Waals surface area contributed by atoms with Crippen molar-refractivity contribution in [2.24, 2.45) is 0 Å². The van der Waals surface area contributed by atoms with E-state index in [1.54, 1.807) is 7.11 Å². The number of aromatic nitrogens is 2. The van der Waals surface area contributed by atoms with Crippen LogP contribution in [0.3, 0.4) is 0 Å². The minimum absolute atomic E-state index is 0.0239. The normalized spacial score (nSPS) is 10.6. The van der Waals surface area contributed by atoms with Crippen LogP contribution in [-0.2, 0) is 13.0 Å². The van der Waals surface area contributed by atoms with Crippen LogP contribution in [-0.4, -0.2) is 34.0 Å². The summed E-state index contributed by atoms with van der Waals surface area (Å²) in [5, 5.41) is 11.0. The van der Waals surface area contributed by atoms with Crippen LogP contribution in [0.5, 0.6) is 11.5 Å². The second-order valence-corrected chi connectivity index (χ2v) is 6.83. The molecule has 0 bridgehead atoms. The van der Waals surface area contributed by atoms with E-state index in [-0.39, 0.29) is 18.1 Å². The van der Waals surface area contributed by atoms with Crippen molar-refractivity contribution in [3.63, 3.8) is 0 Å². The number of pyridine rings is 1. The third kappa shape index (κ3) is 4.65. The van der Waals surface area contributed by atoms with Crippen molar-refractivity contribution in [1.29, 1.82) is 0 Å². The fraction of sp³-hybridized carbons (Fsp3) is 0.273. The van der Waals surface area contributed by atoms with Gasteiger partial charge in [-0.05, 0) is 66.1 Å². The summed E-state index contributed by atoms with van der Waals surface area (Å²) in [6.45, 7) is 4.27.